The quantitative estimate of drug-likeness (QED) is 0.762. The second-order valence-corrected chi connectivity index (χ2v) is 4.86. The lowest BCUT2D eigenvalue weighted by atomic mass is 10.1. The van der Waals surface area contributed by atoms with Gasteiger partial charge in [0.2, 0.25) is 0 Å². The molecule has 0 radical (unpaired) electrons. The standard InChI is InChI=1S/C15H21NO3/c1-18-12-6-5-9-16(10-12)11-14(17)13-7-3-4-8-15(13)19-2/h3-4,7-8,12H,5-6,9-11H2,1-2H3. The summed E-state index contributed by atoms with van der Waals surface area (Å²) in [6.45, 7) is 2.22. The van der Waals surface area contributed by atoms with Crippen LogP contribution in [-0.4, -0.2) is 50.6 Å². The minimum atomic E-state index is 0.106. The topological polar surface area (TPSA) is 38.8 Å². The molecule has 19 heavy (non-hydrogen) atoms. The predicted octanol–water partition coefficient (Wildman–Crippen LogP) is 1.99. The van der Waals surface area contributed by atoms with E-state index in [1.54, 1.807) is 14.2 Å². The molecule has 1 fully saturated rings. The van der Waals surface area contributed by atoms with Crippen LogP contribution in [0, 0.1) is 0 Å². The molecule has 1 saturated heterocycles. The van der Waals surface area contributed by atoms with Gasteiger partial charge in [-0.05, 0) is 31.5 Å². The Morgan fingerprint density at radius 3 is 2.89 bits per heavy atom. The summed E-state index contributed by atoms with van der Waals surface area (Å²) in [5.41, 5.74) is 0.657. The van der Waals surface area contributed by atoms with Crippen molar-refractivity contribution < 1.29 is 14.3 Å². The van der Waals surface area contributed by atoms with E-state index in [0.717, 1.165) is 25.9 Å². The summed E-state index contributed by atoms with van der Waals surface area (Å²) in [5.74, 6) is 0.752. The smallest absolute Gasteiger partial charge is 0.180 e. The average molecular weight is 263 g/mol. The van der Waals surface area contributed by atoms with E-state index in [2.05, 4.69) is 4.90 Å². The van der Waals surface area contributed by atoms with Gasteiger partial charge >= 0.3 is 0 Å². The van der Waals surface area contributed by atoms with Gasteiger partial charge in [-0.1, -0.05) is 12.1 Å². The maximum Gasteiger partial charge on any atom is 0.180 e. The van der Waals surface area contributed by atoms with Crippen LogP contribution in [0.3, 0.4) is 0 Å². The minimum Gasteiger partial charge on any atom is -0.496 e. The number of likely N-dealkylation sites (tertiary alicyclic amines) is 1. The molecule has 0 aliphatic carbocycles. The average Bonchev–Trinajstić information content (AvgIpc) is 2.47. The van der Waals surface area contributed by atoms with Crippen LogP contribution in [0.5, 0.6) is 5.75 Å². The summed E-state index contributed by atoms with van der Waals surface area (Å²) in [6, 6.07) is 7.38. The van der Waals surface area contributed by atoms with E-state index in [1.165, 1.54) is 0 Å². The van der Waals surface area contributed by atoms with E-state index < -0.39 is 0 Å². The molecule has 1 atom stereocenters. The lowest BCUT2D eigenvalue weighted by Crippen LogP contribution is -2.41. The van der Waals surface area contributed by atoms with Crippen LogP contribution < -0.4 is 4.74 Å². The molecule has 1 aliphatic rings. The molecule has 1 heterocycles. The molecule has 0 amide bonds. The fourth-order valence-electron chi connectivity index (χ4n) is 2.51. The first kappa shape index (κ1) is 14.0. The van der Waals surface area contributed by atoms with Gasteiger partial charge in [0.15, 0.2) is 5.78 Å². The first-order chi connectivity index (χ1) is 9.24. The van der Waals surface area contributed by atoms with Crippen LogP contribution in [0.1, 0.15) is 23.2 Å². The Bertz CT molecular complexity index is 433. The zero-order chi connectivity index (χ0) is 13.7. The SMILES string of the molecule is COc1ccccc1C(=O)CN1CCCC(OC)C1. The number of para-hydroxylation sites is 1. The van der Waals surface area contributed by atoms with Crippen molar-refractivity contribution in [3.8, 4) is 5.75 Å². The van der Waals surface area contributed by atoms with Crippen LogP contribution in [-0.2, 0) is 4.74 Å². The van der Waals surface area contributed by atoms with E-state index in [1.807, 2.05) is 24.3 Å². The maximum absolute atomic E-state index is 12.3. The lowest BCUT2D eigenvalue weighted by Gasteiger charge is -2.31. The van der Waals surface area contributed by atoms with Gasteiger partial charge in [0.1, 0.15) is 5.75 Å². The van der Waals surface area contributed by atoms with Gasteiger partial charge in [0.05, 0.1) is 25.3 Å². The number of hydrogen-bond donors (Lipinski definition) is 0. The van der Waals surface area contributed by atoms with Crippen molar-refractivity contribution in [3.05, 3.63) is 29.8 Å². The Morgan fingerprint density at radius 1 is 1.37 bits per heavy atom. The van der Waals surface area contributed by atoms with Crippen LogP contribution >= 0.6 is 0 Å². The fourth-order valence-corrected chi connectivity index (χ4v) is 2.51. The molecule has 0 spiro atoms. The third-order valence-electron chi connectivity index (χ3n) is 3.57. The number of piperidine rings is 1. The molecule has 4 nitrogen and oxygen atoms in total. The van der Waals surface area contributed by atoms with E-state index in [-0.39, 0.29) is 11.9 Å². The zero-order valence-corrected chi connectivity index (χ0v) is 11.6. The molecule has 104 valence electrons. The van der Waals surface area contributed by atoms with Gasteiger partial charge in [-0.2, -0.15) is 0 Å². The summed E-state index contributed by atoms with van der Waals surface area (Å²) in [7, 11) is 3.32. The highest BCUT2D eigenvalue weighted by molar-refractivity contribution is 6.00. The highest BCUT2D eigenvalue weighted by atomic mass is 16.5. The summed E-state index contributed by atoms with van der Waals surface area (Å²) in [6.07, 6.45) is 2.41. The third kappa shape index (κ3) is 3.55. The molecule has 0 N–H and O–H groups in total. The largest absolute Gasteiger partial charge is 0.496 e. The van der Waals surface area contributed by atoms with Crippen molar-refractivity contribution in [1.82, 2.24) is 4.90 Å². The second-order valence-electron chi connectivity index (χ2n) is 4.86. The van der Waals surface area contributed by atoms with Gasteiger partial charge in [0, 0.05) is 13.7 Å². The Balaban J connectivity index is 2.00. The third-order valence-corrected chi connectivity index (χ3v) is 3.57. The molecule has 2 rings (SSSR count). The Morgan fingerprint density at radius 2 is 2.16 bits per heavy atom. The highest BCUT2D eigenvalue weighted by Gasteiger charge is 2.22. The number of carbonyl (C=O) groups is 1. The van der Waals surface area contributed by atoms with E-state index in [4.69, 9.17) is 9.47 Å². The second kappa shape index (κ2) is 6.68. The molecule has 1 aromatic carbocycles. The van der Waals surface area contributed by atoms with Crippen LogP contribution in [0.2, 0.25) is 0 Å². The predicted molar refractivity (Wildman–Crippen MR) is 73.8 cm³/mol. The Kier molecular flexibility index (Phi) is 4.93. The summed E-state index contributed by atoms with van der Waals surface area (Å²) < 4.78 is 10.6. The molecular weight excluding hydrogens is 242 g/mol. The van der Waals surface area contributed by atoms with Crippen LogP contribution in [0.25, 0.3) is 0 Å². The first-order valence-electron chi connectivity index (χ1n) is 6.66. The maximum atomic E-state index is 12.3. The molecule has 0 bridgehead atoms. The van der Waals surface area contributed by atoms with Gasteiger partial charge in [0.25, 0.3) is 0 Å². The van der Waals surface area contributed by atoms with Gasteiger partial charge in [-0.25, -0.2) is 0 Å². The number of methoxy groups -OCH3 is 2. The summed E-state index contributed by atoms with van der Waals surface area (Å²) in [4.78, 5) is 14.5. The van der Waals surface area contributed by atoms with Crippen molar-refractivity contribution in [2.45, 2.75) is 18.9 Å². The molecular formula is C15H21NO3. The first-order valence-corrected chi connectivity index (χ1v) is 6.66. The number of nitrogens with zero attached hydrogens (tertiary/aromatic N) is 1. The monoisotopic (exact) mass is 263 g/mol. The van der Waals surface area contributed by atoms with Crippen molar-refractivity contribution in [1.29, 1.82) is 0 Å². The fraction of sp³-hybridized carbons (Fsp3) is 0.533. The zero-order valence-electron chi connectivity index (χ0n) is 11.6. The molecule has 4 heteroatoms. The van der Waals surface area contributed by atoms with Crippen molar-refractivity contribution in [2.75, 3.05) is 33.9 Å². The van der Waals surface area contributed by atoms with Gasteiger partial charge in [-0.15, -0.1) is 0 Å². The van der Waals surface area contributed by atoms with Crippen LogP contribution in [0.15, 0.2) is 24.3 Å². The molecule has 1 aliphatic heterocycles. The van der Waals surface area contributed by atoms with Crippen LogP contribution in [0.4, 0.5) is 0 Å². The molecule has 1 aromatic rings. The Hall–Kier alpha value is -1.39. The molecule has 1 unspecified atom stereocenters. The summed E-state index contributed by atoms with van der Waals surface area (Å²) in [5, 5.41) is 0. The number of carbonyl (C=O) groups excluding carboxylic acids is 1. The molecule has 0 saturated carbocycles. The minimum absolute atomic E-state index is 0.106. The van der Waals surface area contributed by atoms with Crippen molar-refractivity contribution >= 4 is 5.78 Å². The number of ketones is 1. The number of Topliss-reactive ketones (excluding diaryl/α,β-unsaturated/α-hetero) is 1. The Labute approximate surface area is 114 Å². The van der Waals surface area contributed by atoms with Gasteiger partial charge < -0.3 is 9.47 Å². The lowest BCUT2D eigenvalue weighted by molar-refractivity contribution is 0.0314. The number of benzene rings is 1. The van der Waals surface area contributed by atoms with Crippen molar-refractivity contribution in [2.24, 2.45) is 0 Å². The van der Waals surface area contributed by atoms with E-state index >= 15 is 0 Å². The number of hydrogen-bond acceptors (Lipinski definition) is 4. The van der Waals surface area contributed by atoms with E-state index in [9.17, 15) is 4.79 Å². The number of ether oxygens (including phenoxy) is 2. The van der Waals surface area contributed by atoms with Crippen molar-refractivity contribution in [3.63, 3.8) is 0 Å². The molecule has 0 aromatic heterocycles. The highest BCUT2D eigenvalue weighted by Crippen LogP contribution is 2.19. The van der Waals surface area contributed by atoms with E-state index in [0.29, 0.717) is 17.9 Å². The van der Waals surface area contributed by atoms with Gasteiger partial charge in [-0.3, -0.25) is 9.69 Å². The number of rotatable bonds is 5. The normalized spacial score (nSPS) is 20.2. The summed E-state index contributed by atoms with van der Waals surface area (Å²) >= 11 is 0.